The molecule has 0 spiro atoms. The smallest absolute Gasteiger partial charge is 0.320 e. The number of amides is 2. The summed E-state index contributed by atoms with van der Waals surface area (Å²) in [5.41, 5.74) is 1.17. The molecule has 1 aromatic carbocycles. The zero-order chi connectivity index (χ0) is 17.6. The van der Waals surface area contributed by atoms with Gasteiger partial charge in [-0.3, -0.25) is 5.32 Å². The topological polar surface area (TPSA) is 75.3 Å². The van der Waals surface area contributed by atoms with Gasteiger partial charge in [-0.1, -0.05) is 23.7 Å². The van der Waals surface area contributed by atoms with Crippen molar-refractivity contribution in [1.29, 1.82) is 0 Å². The SMILES string of the molecule is COc1ccc(C2CNCCC2NC(=O)Nc2ccc(Cl)cn2)cc1. The molecule has 1 aliphatic heterocycles. The van der Waals surface area contributed by atoms with Crippen LogP contribution in [0.2, 0.25) is 5.02 Å². The summed E-state index contributed by atoms with van der Waals surface area (Å²) in [7, 11) is 1.65. The molecular formula is C18H21ClN4O2. The predicted molar refractivity (Wildman–Crippen MR) is 98.4 cm³/mol. The van der Waals surface area contributed by atoms with Gasteiger partial charge in [0.1, 0.15) is 11.6 Å². The quantitative estimate of drug-likeness (QED) is 0.783. The van der Waals surface area contributed by atoms with Crippen LogP contribution in [-0.4, -0.2) is 37.3 Å². The number of hydrogen-bond acceptors (Lipinski definition) is 4. The van der Waals surface area contributed by atoms with Crippen molar-refractivity contribution in [1.82, 2.24) is 15.6 Å². The Bertz CT molecular complexity index is 706. The van der Waals surface area contributed by atoms with Crippen LogP contribution in [0.5, 0.6) is 5.75 Å². The maximum Gasteiger partial charge on any atom is 0.320 e. The van der Waals surface area contributed by atoms with Crippen molar-refractivity contribution in [2.45, 2.75) is 18.4 Å². The van der Waals surface area contributed by atoms with Crippen LogP contribution >= 0.6 is 11.6 Å². The van der Waals surface area contributed by atoms with Gasteiger partial charge >= 0.3 is 6.03 Å². The molecule has 2 heterocycles. The maximum absolute atomic E-state index is 12.3. The monoisotopic (exact) mass is 360 g/mol. The Morgan fingerprint density at radius 2 is 2.08 bits per heavy atom. The number of hydrogen-bond donors (Lipinski definition) is 3. The highest BCUT2D eigenvalue weighted by Gasteiger charge is 2.27. The number of urea groups is 1. The van der Waals surface area contributed by atoms with E-state index in [1.54, 1.807) is 19.2 Å². The lowest BCUT2D eigenvalue weighted by molar-refractivity contribution is 0.241. The summed E-state index contributed by atoms with van der Waals surface area (Å²) in [6.45, 7) is 1.69. The van der Waals surface area contributed by atoms with E-state index in [0.717, 1.165) is 25.3 Å². The molecule has 0 aliphatic carbocycles. The fourth-order valence-electron chi connectivity index (χ4n) is 3.00. The second kappa shape index (κ2) is 8.18. The van der Waals surface area contributed by atoms with Crippen LogP contribution in [-0.2, 0) is 0 Å². The molecule has 25 heavy (non-hydrogen) atoms. The number of rotatable bonds is 4. The lowest BCUT2D eigenvalue weighted by Crippen LogP contribution is -2.49. The highest BCUT2D eigenvalue weighted by atomic mass is 35.5. The Morgan fingerprint density at radius 3 is 2.76 bits per heavy atom. The summed E-state index contributed by atoms with van der Waals surface area (Å²) in [5.74, 6) is 1.49. The number of benzene rings is 1. The van der Waals surface area contributed by atoms with Crippen LogP contribution in [0.15, 0.2) is 42.6 Å². The average molecular weight is 361 g/mol. The number of piperidine rings is 1. The van der Waals surface area contributed by atoms with Gasteiger partial charge in [-0.25, -0.2) is 9.78 Å². The molecule has 6 nitrogen and oxygen atoms in total. The average Bonchev–Trinajstić information content (AvgIpc) is 2.64. The van der Waals surface area contributed by atoms with Gasteiger partial charge < -0.3 is 15.4 Å². The number of carbonyl (C=O) groups excluding carboxylic acids is 1. The van der Waals surface area contributed by atoms with Crippen LogP contribution in [0, 0.1) is 0 Å². The van der Waals surface area contributed by atoms with Crippen molar-refractivity contribution in [2.75, 3.05) is 25.5 Å². The lowest BCUT2D eigenvalue weighted by atomic mass is 9.87. The van der Waals surface area contributed by atoms with Crippen molar-refractivity contribution < 1.29 is 9.53 Å². The summed E-state index contributed by atoms with van der Waals surface area (Å²) in [5, 5.41) is 9.73. The van der Waals surface area contributed by atoms with Crippen molar-refractivity contribution in [3.63, 3.8) is 0 Å². The molecule has 2 amide bonds. The van der Waals surface area contributed by atoms with Crippen LogP contribution in [0.3, 0.4) is 0 Å². The number of pyridine rings is 1. The molecule has 132 valence electrons. The van der Waals surface area contributed by atoms with E-state index in [1.165, 1.54) is 11.8 Å². The fraction of sp³-hybridized carbons (Fsp3) is 0.333. The molecule has 2 atom stereocenters. The van der Waals surface area contributed by atoms with E-state index in [-0.39, 0.29) is 18.0 Å². The molecule has 2 unspecified atom stereocenters. The number of halogens is 1. The van der Waals surface area contributed by atoms with Crippen LogP contribution in [0.25, 0.3) is 0 Å². The molecular weight excluding hydrogens is 340 g/mol. The Hall–Kier alpha value is -2.31. The first-order chi connectivity index (χ1) is 12.2. The van der Waals surface area contributed by atoms with E-state index in [4.69, 9.17) is 16.3 Å². The molecule has 1 aliphatic rings. The van der Waals surface area contributed by atoms with E-state index in [9.17, 15) is 4.79 Å². The highest BCUT2D eigenvalue weighted by molar-refractivity contribution is 6.30. The molecule has 1 aromatic heterocycles. The Labute approximate surface area is 151 Å². The van der Waals surface area contributed by atoms with Crippen LogP contribution in [0.1, 0.15) is 17.9 Å². The second-order valence-corrected chi connectivity index (χ2v) is 6.38. The normalized spacial score (nSPS) is 19.9. The minimum Gasteiger partial charge on any atom is -0.497 e. The zero-order valence-electron chi connectivity index (χ0n) is 14.0. The first-order valence-corrected chi connectivity index (χ1v) is 8.57. The Balaban J connectivity index is 1.65. The van der Waals surface area contributed by atoms with E-state index in [0.29, 0.717) is 10.8 Å². The molecule has 0 radical (unpaired) electrons. The highest BCUT2D eigenvalue weighted by Crippen LogP contribution is 2.25. The summed E-state index contributed by atoms with van der Waals surface area (Å²) in [6.07, 6.45) is 2.36. The van der Waals surface area contributed by atoms with E-state index < -0.39 is 0 Å². The zero-order valence-corrected chi connectivity index (χ0v) is 14.7. The molecule has 0 bridgehead atoms. The molecule has 7 heteroatoms. The van der Waals surface area contributed by atoms with Gasteiger partial charge in [-0.05, 0) is 42.8 Å². The van der Waals surface area contributed by atoms with Gasteiger partial charge in [0, 0.05) is 24.7 Å². The van der Waals surface area contributed by atoms with Gasteiger partial charge in [-0.2, -0.15) is 0 Å². The number of carbonyl (C=O) groups is 1. The lowest BCUT2D eigenvalue weighted by Gasteiger charge is -2.33. The Morgan fingerprint density at radius 1 is 1.28 bits per heavy atom. The fourth-order valence-corrected chi connectivity index (χ4v) is 3.11. The summed E-state index contributed by atoms with van der Waals surface area (Å²) in [4.78, 5) is 16.4. The van der Waals surface area contributed by atoms with E-state index >= 15 is 0 Å². The van der Waals surface area contributed by atoms with Crippen LogP contribution in [0.4, 0.5) is 10.6 Å². The third kappa shape index (κ3) is 4.61. The third-order valence-electron chi connectivity index (χ3n) is 4.31. The second-order valence-electron chi connectivity index (χ2n) is 5.94. The van der Waals surface area contributed by atoms with Crippen molar-refractivity contribution in [2.24, 2.45) is 0 Å². The number of nitrogens with one attached hydrogen (secondary N) is 3. The van der Waals surface area contributed by atoms with Crippen LogP contribution < -0.4 is 20.7 Å². The van der Waals surface area contributed by atoms with Gasteiger partial charge in [0.2, 0.25) is 0 Å². The molecule has 2 aromatic rings. The predicted octanol–water partition coefficient (Wildman–Crippen LogP) is 3.01. The minimum absolute atomic E-state index is 0.0435. The summed E-state index contributed by atoms with van der Waals surface area (Å²) < 4.78 is 5.21. The first-order valence-electron chi connectivity index (χ1n) is 8.19. The molecule has 3 N–H and O–H groups in total. The van der Waals surface area contributed by atoms with Crippen molar-refractivity contribution >= 4 is 23.4 Å². The number of anilines is 1. The molecule has 0 saturated carbocycles. The van der Waals surface area contributed by atoms with Gasteiger partial charge in [0.25, 0.3) is 0 Å². The molecule has 1 saturated heterocycles. The van der Waals surface area contributed by atoms with Gasteiger partial charge in [0.05, 0.1) is 12.1 Å². The van der Waals surface area contributed by atoms with Gasteiger partial charge in [-0.15, -0.1) is 0 Å². The largest absolute Gasteiger partial charge is 0.497 e. The molecule has 3 rings (SSSR count). The Kier molecular flexibility index (Phi) is 5.73. The summed E-state index contributed by atoms with van der Waals surface area (Å²) in [6, 6.07) is 11.1. The van der Waals surface area contributed by atoms with E-state index in [2.05, 4.69) is 20.9 Å². The standard InChI is InChI=1S/C18H21ClN4O2/c1-25-14-5-2-12(3-6-14)15-11-20-9-8-16(15)22-18(24)23-17-7-4-13(19)10-21-17/h2-7,10,15-16,20H,8-9,11H2,1H3,(H2,21,22,23,24). The molecule has 1 fully saturated rings. The van der Waals surface area contributed by atoms with E-state index in [1.807, 2.05) is 24.3 Å². The van der Waals surface area contributed by atoms with Crippen molar-refractivity contribution in [3.8, 4) is 5.75 Å². The third-order valence-corrected chi connectivity index (χ3v) is 4.54. The first kappa shape index (κ1) is 17.5. The van der Waals surface area contributed by atoms with Gasteiger partial charge in [0.15, 0.2) is 0 Å². The summed E-state index contributed by atoms with van der Waals surface area (Å²) >= 11 is 5.81. The maximum atomic E-state index is 12.3. The number of nitrogens with zero attached hydrogens (tertiary/aromatic N) is 1. The number of methoxy groups -OCH3 is 1. The number of ether oxygens (including phenoxy) is 1. The minimum atomic E-state index is -0.264. The van der Waals surface area contributed by atoms with Crippen molar-refractivity contribution in [3.05, 3.63) is 53.2 Å². The number of aromatic nitrogens is 1.